The van der Waals surface area contributed by atoms with Crippen LogP contribution in [0.5, 0.6) is 23.0 Å². The van der Waals surface area contributed by atoms with Crippen LogP contribution in [0.15, 0.2) is 127 Å². The molecule has 0 aromatic heterocycles. The lowest BCUT2D eigenvalue weighted by molar-refractivity contribution is -0.125. The third-order valence-electron chi connectivity index (χ3n) is 8.10. The lowest BCUT2D eigenvalue weighted by Crippen LogP contribution is -2.33. The van der Waals surface area contributed by atoms with Crippen molar-refractivity contribution in [2.75, 3.05) is 4.90 Å². The first-order valence-corrected chi connectivity index (χ1v) is 15.6. The first kappa shape index (κ1) is 30.6. The van der Waals surface area contributed by atoms with Crippen LogP contribution in [0.1, 0.15) is 47.6 Å². The Hall–Kier alpha value is -5.40. The Morgan fingerprint density at radius 1 is 0.717 bits per heavy atom. The predicted octanol–water partition coefficient (Wildman–Crippen LogP) is 7.85. The van der Waals surface area contributed by atoms with E-state index in [0.29, 0.717) is 29.5 Å². The van der Waals surface area contributed by atoms with Gasteiger partial charge >= 0.3 is 0 Å². The number of anilines is 1. The van der Waals surface area contributed by atoms with Crippen LogP contribution >= 0.6 is 0 Å². The Labute approximate surface area is 269 Å². The molecule has 6 rings (SSSR count). The monoisotopic (exact) mass is 611 g/mol. The lowest BCUT2D eigenvalue weighted by atomic mass is 10.1. The maximum absolute atomic E-state index is 14.0. The van der Waals surface area contributed by atoms with Gasteiger partial charge in [-0.1, -0.05) is 78.9 Å². The molecule has 5 aromatic rings. The number of carbonyl (C=O) groups is 2. The van der Waals surface area contributed by atoms with Gasteiger partial charge < -0.3 is 25.4 Å². The van der Waals surface area contributed by atoms with E-state index in [2.05, 4.69) is 17.4 Å². The van der Waals surface area contributed by atoms with E-state index >= 15 is 0 Å². The second kappa shape index (κ2) is 14.6. The van der Waals surface area contributed by atoms with Crippen LogP contribution in [0.2, 0.25) is 0 Å². The minimum Gasteiger partial charge on any atom is -0.457 e. The fourth-order valence-corrected chi connectivity index (χ4v) is 5.74. The molecule has 0 aliphatic heterocycles. The molecule has 0 saturated heterocycles. The first-order valence-electron chi connectivity index (χ1n) is 15.6. The SMILES string of the molecule is NCc1cccc(Oc2ccccc2N(Cc2ccc(Oc3ccccc3)cc2)C(=O)CCC(=O)NC2CCc3ccccc32)c1. The number of carbonyl (C=O) groups excluding carboxylic acids is 2. The summed E-state index contributed by atoms with van der Waals surface area (Å²) in [6.45, 7) is 0.674. The molecule has 3 N–H and O–H groups in total. The molecule has 46 heavy (non-hydrogen) atoms. The zero-order valence-electron chi connectivity index (χ0n) is 25.6. The van der Waals surface area contributed by atoms with E-state index in [1.807, 2.05) is 115 Å². The molecule has 1 unspecified atom stereocenters. The van der Waals surface area contributed by atoms with Gasteiger partial charge in [-0.05, 0) is 83.6 Å². The normalized spacial score (nSPS) is 13.5. The average Bonchev–Trinajstić information content (AvgIpc) is 3.50. The van der Waals surface area contributed by atoms with Crippen LogP contribution in [0.3, 0.4) is 0 Å². The van der Waals surface area contributed by atoms with Gasteiger partial charge in [0.15, 0.2) is 5.75 Å². The van der Waals surface area contributed by atoms with Crippen molar-refractivity contribution >= 4 is 17.5 Å². The maximum atomic E-state index is 14.0. The van der Waals surface area contributed by atoms with Crippen LogP contribution in [0, 0.1) is 0 Å². The molecule has 0 fully saturated rings. The molecule has 0 radical (unpaired) electrons. The van der Waals surface area contributed by atoms with E-state index in [1.165, 1.54) is 5.56 Å². The van der Waals surface area contributed by atoms with E-state index in [1.54, 1.807) is 4.90 Å². The number of amides is 2. The Bertz CT molecular complexity index is 1790. The molecule has 5 aromatic carbocycles. The number of para-hydroxylation sites is 3. The van der Waals surface area contributed by atoms with Crippen molar-refractivity contribution in [3.63, 3.8) is 0 Å². The molecule has 7 nitrogen and oxygen atoms in total. The summed E-state index contributed by atoms with van der Waals surface area (Å²) in [7, 11) is 0. The largest absolute Gasteiger partial charge is 0.457 e. The van der Waals surface area contributed by atoms with Crippen molar-refractivity contribution in [2.45, 2.75) is 44.8 Å². The second-order valence-electron chi connectivity index (χ2n) is 11.3. The maximum Gasteiger partial charge on any atom is 0.227 e. The summed E-state index contributed by atoms with van der Waals surface area (Å²) >= 11 is 0. The Kier molecular flexibility index (Phi) is 9.71. The fraction of sp³-hybridized carbons (Fsp3) is 0.179. The third kappa shape index (κ3) is 7.62. The Morgan fingerprint density at radius 3 is 2.26 bits per heavy atom. The number of fused-ring (bicyclic) bond motifs is 1. The van der Waals surface area contributed by atoms with Crippen molar-refractivity contribution in [3.8, 4) is 23.0 Å². The number of nitrogens with one attached hydrogen (secondary N) is 1. The van der Waals surface area contributed by atoms with Crippen LogP contribution in [-0.2, 0) is 29.1 Å². The third-order valence-corrected chi connectivity index (χ3v) is 8.10. The van der Waals surface area contributed by atoms with Crippen molar-refractivity contribution in [1.29, 1.82) is 0 Å². The van der Waals surface area contributed by atoms with Crippen LogP contribution in [0.25, 0.3) is 0 Å². The summed E-state index contributed by atoms with van der Waals surface area (Å²) in [5.41, 5.74) is 10.7. The molecule has 1 atom stereocenters. The predicted molar refractivity (Wildman–Crippen MR) is 180 cm³/mol. The summed E-state index contributed by atoms with van der Waals surface area (Å²) in [5.74, 6) is 2.28. The minimum absolute atomic E-state index is 0.0232. The molecule has 1 aliphatic carbocycles. The standard InChI is InChI=1S/C39H37N3O4/c40-26-29-9-8-13-33(25-29)46-37-16-7-6-15-36(37)42(27-28-17-20-32(21-18-28)45-31-11-2-1-3-12-31)39(44)24-23-38(43)41-35-22-19-30-10-4-5-14-34(30)35/h1-18,20-21,25,35H,19,22-24,26-27,40H2,(H,41,43). The lowest BCUT2D eigenvalue weighted by Gasteiger charge is -2.25. The molecule has 2 amide bonds. The van der Waals surface area contributed by atoms with Crippen molar-refractivity contribution in [2.24, 2.45) is 5.73 Å². The second-order valence-corrected chi connectivity index (χ2v) is 11.3. The minimum atomic E-state index is -0.182. The van der Waals surface area contributed by atoms with Gasteiger partial charge in [0.25, 0.3) is 0 Å². The zero-order valence-corrected chi connectivity index (χ0v) is 25.6. The number of nitrogens with two attached hydrogens (primary N) is 1. The highest BCUT2D eigenvalue weighted by Crippen LogP contribution is 2.35. The van der Waals surface area contributed by atoms with Crippen molar-refractivity contribution < 1.29 is 19.1 Å². The van der Waals surface area contributed by atoms with Gasteiger partial charge in [-0.15, -0.1) is 0 Å². The molecular formula is C39H37N3O4. The molecule has 232 valence electrons. The van der Waals surface area contributed by atoms with E-state index in [4.69, 9.17) is 15.2 Å². The summed E-state index contributed by atoms with van der Waals surface area (Å²) in [4.78, 5) is 28.7. The number of hydrogen-bond donors (Lipinski definition) is 2. The summed E-state index contributed by atoms with van der Waals surface area (Å²) in [5, 5.41) is 3.14. The van der Waals surface area contributed by atoms with Gasteiger partial charge in [0.1, 0.15) is 17.2 Å². The average molecular weight is 612 g/mol. The Balaban J connectivity index is 1.20. The number of nitrogens with zero attached hydrogens (tertiary/aromatic N) is 1. The topological polar surface area (TPSA) is 93.9 Å². The van der Waals surface area contributed by atoms with Gasteiger partial charge in [-0.3, -0.25) is 9.59 Å². The molecule has 0 heterocycles. The molecule has 0 saturated carbocycles. The highest BCUT2D eigenvalue weighted by Gasteiger charge is 2.25. The van der Waals surface area contributed by atoms with Gasteiger partial charge in [-0.25, -0.2) is 0 Å². The van der Waals surface area contributed by atoms with E-state index < -0.39 is 0 Å². The van der Waals surface area contributed by atoms with Crippen LogP contribution in [-0.4, -0.2) is 11.8 Å². The number of rotatable bonds is 12. The van der Waals surface area contributed by atoms with E-state index in [-0.39, 0.29) is 37.2 Å². The summed E-state index contributed by atoms with van der Waals surface area (Å²) in [6.07, 6.45) is 1.94. The number of aryl methyl sites for hydroxylation is 1. The molecule has 1 aliphatic rings. The zero-order chi connectivity index (χ0) is 31.7. The van der Waals surface area contributed by atoms with Crippen molar-refractivity contribution in [1.82, 2.24) is 5.32 Å². The fourth-order valence-electron chi connectivity index (χ4n) is 5.74. The van der Waals surface area contributed by atoms with Crippen LogP contribution < -0.4 is 25.4 Å². The molecular weight excluding hydrogens is 574 g/mol. The quantitative estimate of drug-likeness (QED) is 0.150. The van der Waals surface area contributed by atoms with Gasteiger partial charge in [-0.2, -0.15) is 0 Å². The van der Waals surface area contributed by atoms with Crippen molar-refractivity contribution in [3.05, 3.63) is 150 Å². The van der Waals surface area contributed by atoms with Gasteiger partial charge in [0.2, 0.25) is 11.8 Å². The smallest absolute Gasteiger partial charge is 0.227 e. The van der Waals surface area contributed by atoms with Crippen LogP contribution in [0.4, 0.5) is 5.69 Å². The van der Waals surface area contributed by atoms with Gasteiger partial charge in [0, 0.05) is 19.4 Å². The highest BCUT2D eigenvalue weighted by molar-refractivity contribution is 5.96. The first-order chi connectivity index (χ1) is 22.6. The van der Waals surface area contributed by atoms with E-state index in [9.17, 15) is 9.59 Å². The number of benzene rings is 5. The molecule has 0 bridgehead atoms. The summed E-state index contributed by atoms with van der Waals surface area (Å²) < 4.78 is 12.3. The highest BCUT2D eigenvalue weighted by atomic mass is 16.5. The molecule has 0 spiro atoms. The summed E-state index contributed by atoms with van der Waals surface area (Å²) in [6, 6.07) is 40.4. The van der Waals surface area contributed by atoms with Gasteiger partial charge in [0.05, 0.1) is 18.3 Å². The number of hydrogen-bond acceptors (Lipinski definition) is 5. The Morgan fingerprint density at radius 2 is 1.43 bits per heavy atom. The number of ether oxygens (including phenoxy) is 2. The van der Waals surface area contributed by atoms with E-state index in [0.717, 1.165) is 35.3 Å². The molecule has 7 heteroatoms.